The lowest BCUT2D eigenvalue weighted by molar-refractivity contribution is -0.138. The van der Waals surface area contributed by atoms with Gasteiger partial charge in [0.1, 0.15) is 6.10 Å². The van der Waals surface area contributed by atoms with Crippen LogP contribution in [0.1, 0.15) is 20.3 Å². The standard InChI is InChI=1S/C9H17NO5.4CH4O/c1-9(2,5-11)7(14)8(15)10-4-3-6(12)13;4*1-2/h7,11,14H,3-5H2,1-2H3,(H,10,15)(H,12,13);4*2H,1H3. The summed E-state index contributed by atoms with van der Waals surface area (Å²) in [4.78, 5) is 21.4. The number of carboxylic acid groups (broad SMARTS) is 1. The van der Waals surface area contributed by atoms with Crippen molar-refractivity contribution in [2.75, 3.05) is 41.6 Å². The summed E-state index contributed by atoms with van der Waals surface area (Å²) in [7, 11) is 4.00. The van der Waals surface area contributed by atoms with Crippen LogP contribution in [0.5, 0.6) is 0 Å². The Morgan fingerprint density at radius 1 is 0.957 bits per heavy atom. The normalized spacial score (nSPS) is 9.74. The SMILES string of the molecule is CC(C)(CO)C(O)C(=O)NCCC(=O)O.CO.CO.CO.CO. The Kier molecular flexibility index (Phi) is 37.2. The van der Waals surface area contributed by atoms with E-state index in [0.29, 0.717) is 0 Å². The lowest BCUT2D eigenvalue weighted by Crippen LogP contribution is -2.45. The molecule has 1 unspecified atom stereocenters. The van der Waals surface area contributed by atoms with Crippen molar-refractivity contribution < 1.29 is 45.3 Å². The second-order valence-electron chi connectivity index (χ2n) is 3.98. The Morgan fingerprint density at radius 2 is 1.30 bits per heavy atom. The van der Waals surface area contributed by atoms with Gasteiger partial charge in [-0.15, -0.1) is 0 Å². The van der Waals surface area contributed by atoms with Gasteiger partial charge in [-0.05, 0) is 0 Å². The molecular weight excluding hydrogens is 314 g/mol. The van der Waals surface area contributed by atoms with E-state index in [1.165, 1.54) is 13.8 Å². The van der Waals surface area contributed by atoms with Crippen LogP contribution in [-0.4, -0.2) is 95.3 Å². The second kappa shape index (κ2) is 25.6. The van der Waals surface area contributed by atoms with Gasteiger partial charge >= 0.3 is 5.97 Å². The molecule has 0 spiro atoms. The first-order valence-corrected chi connectivity index (χ1v) is 6.38. The molecule has 10 nitrogen and oxygen atoms in total. The van der Waals surface area contributed by atoms with Gasteiger partial charge in [0.05, 0.1) is 13.0 Å². The highest BCUT2D eigenvalue weighted by Gasteiger charge is 2.32. The Labute approximate surface area is 137 Å². The second-order valence-corrected chi connectivity index (χ2v) is 3.98. The van der Waals surface area contributed by atoms with Crippen LogP contribution < -0.4 is 5.32 Å². The van der Waals surface area contributed by atoms with Crippen LogP contribution >= 0.6 is 0 Å². The molecule has 8 N–H and O–H groups in total. The van der Waals surface area contributed by atoms with Gasteiger partial charge in [0.25, 0.3) is 0 Å². The minimum atomic E-state index is -1.35. The van der Waals surface area contributed by atoms with Gasteiger partial charge < -0.3 is 41.1 Å². The van der Waals surface area contributed by atoms with Crippen LogP contribution in [0.25, 0.3) is 0 Å². The predicted octanol–water partition coefficient (Wildman–Crippen LogP) is -2.61. The van der Waals surface area contributed by atoms with Gasteiger partial charge in [0, 0.05) is 40.4 Å². The number of nitrogens with one attached hydrogen (secondary N) is 1. The molecule has 0 bridgehead atoms. The quantitative estimate of drug-likeness (QED) is 0.254. The Hall–Kier alpha value is -1.30. The monoisotopic (exact) mass is 347 g/mol. The molecule has 0 aromatic heterocycles. The predicted molar refractivity (Wildman–Crippen MR) is 84.7 cm³/mol. The summed E-state index contributed by atoms with van der Waals surface area (Å²) in [5.74, 6) is -1.69. The van der Waals surface area contributed by atoms with Gasteiger partial charge in [0.2, 0.25) is 5.91 Å². The number of aliphatic carboxylic acids is 1. The van der Waals surface area contributed by atoms with Crippen molar-refractivity contribution in [3.8, 4) is 0 Å². The van der Waals surface area contributed by atoms with Crippen molar-refractivity contribution in [2.45, 2.75) is 26.4 Å². The Morgan fingerprint density at radius 3 is 1.57 bits per heavy atom. The summed E-state index contributed by atoms with van der Waals surface area (Å²) in [6, 6.07) is 0. The third-order valence-corrected chi connectivity index (χ3v) is 2.03. The molecule has 0 heterocycles. The molecule has 1 amide bonds. The third kappa shape index (κ3) is 23.1. The highest BCUT2D eigenvalue weighted by Crippen LogP contribution is 2.19. The van der Waals surface area contributed by atoms with Crippen molar-refractivity contribution in [2.24, 2.45) is 5.41 Å². The van der Waals surface area contributed by atoms with E-state index < -0.39 is 23.4 Å². The first-order chi connectivity index (χ1) is 10.8. The van der Waals surface area contributed by atoms with E-state index in [1.54, 1.807) is 0 Å². The molecule has 23 heavy (non-hydrogen) atoms. The average molecular weight is 347 g/mol. The summed E-state index contributed by atoms with van der Waals surface area (Å²) in [5, 5.41) is 57.0. The molecule has 0 aromatic rings. The minimum Gasteiger partial charge on any atom is -0.481 e. The van der Waals surface area contributed by atoms with Gasteiger partial charge in [-0.25, -0.2) is 0 Å². The number of aliphatic hydroxyl groups excluding tert-OH is 6. The fourth-order valence-corrected chi connectivity index (χ4v) is 0.831. The highest BCUT2D eigenvalue weighted by molar-refractivity contribution is 5.81. The first-order valence-electron chi connectivity index (χ1n) is 6.38. The van der Waals surface area contributed by atoms with Crippen LogP contribution in [0.15, 0.2) is 0 Å². The van der Waals surface area contributed by atoms with Crippen LogP contribution in [-0.2, 0) is 9.59 Å². The number of rotatable bonds is 6. The van der Waals surface area contributed by atoms with E-state index in [0.717, 1.165) is 28.4 Å². The van der Waals surface area contributed by atoms with Crippen LogP contribution in [0.3, 0.4) is 0 Å². The van der Waals surface area contributed by atoms with E-state index in [9.17, 15) is 14.7 Å². The van der Waals surface area contributed by atoms with E-state index >= 15 is 0 Å². The van der Waals surface area contributed by atoms with Crippen LogP contribution in [0.2, 0.25) is 0 Å². The molecule has 0 aliphatic carbocycles. The smallest absolute Gasteiger partial charge is 0.305 e. The number of carboxylic acids is 1. The van der Waals surface area contributed by atoms with E-state index in [-0.39, 0.29) is 19.6 Å². The summed E-state index contributed by atoms with van der Waals surface area (Å²) < 4.78 is 0. The topological polar surface area (TPSA) is 188 Å². The molecule has 0 aliphatic heterocycles. The first kappa shape index (κ1) is 33.3. The Bertz CT molecular complexity index is 248. The molecule has 144 valence electrons. The lowest BCUT2D eigenvalue weighted by atomic mass is 9.87. The van der Waals surface area contributed by atoms with Crippen molar-refractivity contribution in [3.05, 3.63) is 0 Å². The highest BCUT2D eigenvalue weighted by atomic mass is 16.4. The van der Waals surface area contributed by atoms with E-state index in [4.69, 9.17) is 30.6 Å². The molecule has 0 aliphatic rings. The maximum Gasteiger partial charge on any atom is 0.305 e. The zero-order valence-electron chi connectivity index (χ0n) is 14.6. The summed E-state index contributed by atoms with van der Waals surface area (Å²) in [5.41, 5.74) is -0.937. The van der Waals surface area contributed by atoms with Gasteiger partial charge in [-0.3, -0.25) is 9.59 Å². The molecule has 0 radical (unpaired) electrons. The van der Waals surface area contributed by atoms with E-state index in [2.05, 4.69) is 5.32 Å². The largest absolute Gasteiger partial charge is 0.481 e. The minimum absolute atomic E-state index is 0.0350. The molecular formula is C13H33NO9. The maximum atomic E-state index is 11.3. The fourth-order valence-electron chi connectivity index (χ4n) is 0.831. The number of aliphatic hydroxyl groups is 6. The number of hydrogen-bond acceptors (Lipinski definition) is 8. The molecule has 0 fully saturated rings. The molecule has 0 rings (SSSR count). The Balaban J connectivity index is -0.000000116. The number of carbonyl (C=O) groups excluding carboxylic acids is 1. The van der Waals surface area contributed by atoms with Crippen LogP contribution in [0.4, 0.5) is 0 Å². The van der Waals surface area contributed by atoms with Crippen molar-refractivity contribution in [3.63, 3.8) is 0 Å². The van der Waals surface area contributed by atoms with Crippen molar-refractivity contribution in [1.82, 2.24) is 5.32 Å². The zero-order chi connectivity index (χ0) is 20.1. The van der Waals surface area contributed by atoms with Crippen molar-refractivity contribution >= 4 is 11.9 Å². The van der Waals surface area contributed by atoms with Gasteiger partial charge in [-0.1, -0.05) is 13.8 Å². The zero-order valence-corrected chi connectivity index (χ0v) is 14.6. The van der Waals surface area contributed by atoms with Gasteiger partial charge in [-0.2, -0.15) is 0 Å². The maximum absolute atomic E-state index is 11.3. The van der Waals surface area contributed by atoms with Crippen molar-refractivity contribution in [1.29, 1.82) is 0 Å². The summed E-state index contributed by atoms with van der Waals surface area (Å²) >= 11 is 0. The molecule has 0 saturated heterocycles. The number of amides is 1. The van der Waals surface area contributed by atoms with Gasteiger partial charge in [0.15, 0.2) is 0 Å². The lowest BCUT2D eigenvalue weighted by Gasteiger charge is -2.26. The average Bonchev–Trinajstić information content (AvgIpc) is 2.60. The number of carbonyl (C=O) groups is 2. The molecule has 10 heteroatoms. The van der Waals surface area contributed by atoms with Crippen LogP contribution in [0, 0.1) is 5.41 Å². The molecule has 0 saturated carbocycles. The number of hydrogen-bond donors (Lipinski definition) is 8. The summed E-state index contributed by atoms with van der Waals surface area (Å²) in [6.07, 6.45) is -1.55. The molecule has 1 atom stereocenters. The third-order valence-electron chi connectivity index (χ3n) is 2.03. The van der Waals surface area contributed by atoms with E-state index in [1.807, 2.05) is 0 Å². The fraction of sp³-hybridized carbons (Fsp3) is 0.846. The summed E-state index contributed by atoms with van der Waals surface area (Å²) in [6.45, 7) is 2.70. The molecule has 0 aromatic carbocycles.